The summed E-state index contributed by atoms with van der Waals surface area (Å²) in [5.41, 5.74) is 2.13. The molecule has 0 spiro atoms. The molecule has 1 aliphatic carbocycles. The highest BCUT2D eigenvalue weighted by Crippen LogP contribution is 2.28. The van der Waals surface area contributed by atoms with Gasteiger partial charge in [-0.3, -0.25) is 9.69 Å². The van der Waals surface area contributed by atoms with E-state index in [1.807, 2.05) is 18.2 Å². The Balaban J connectivity index is 1.84. The molecule has 1 heterocycles. The topological polar surface area (TPSA) is 20.3 Å². The van der Waals surface area contributed by atoms with Crippen LogP contribution in [0.4, 0.5) is 0 Å². The van der Waals surface area contributed by atoms with E-state index >= 15 is 0 Å². The molecule has 1 fully saturated rings. The third kappa shape index (κ3) is 1.59. The van der Waals surface area contributed by atoms with Gasteiger partial charge in [0.25, 0.3) is 0 Å². The smallest absolute Gasteiger partial charge is 0.180 e. The SMILES string of the molecule is O=C1c2ccccc2CC1N1CCC(S)C1. The molecule has 2 nitrogen and oxygen atoms in total. The zero-order valence-electron chi connectivity index (χ0n) is 9.10. The summed E-state index contributed by atoms with van der Waals surface area (Å²) in [6.07, 6.45) is 1.98. The molecule has 1 aliphatic heterocycles. The average molecular weight is 233 g/mol. The average Bonchev–Trinajstić information content (AvgIpc) is 2.84. The summed E-state index contributed by atoms with van der Waals surface area (Å²) in [4.78, 5) is 14.5. The molecule has 0 aromatic heterocycles. The second-order valence-electron chi connectivity index (χ2n) is 4.68. The van der Waals surface area contributed by atoms with Crippen molar-refractivity contribution in [2.24, 2.45) is 0 Å². The van der Waals surface area contributed by atoms with Gasteiger partial charge in [-0.15, -0.1) is 0 Å². The number of rotatable bonds is 1. The largest absolute Gasteiger partial charge is 0.292 e. The number of benzene rings is 1. The zero-order valence-corrected chi connectivity index (χ0v) is 9.99. The third-order valence-electron chi connectivity index (χ3n) is 3.63. The van der Waals surface area contributed by atoms with Gasteiger partial charge in [-0.1, -0.05) is 24.3 Å². The predicted molar refractivity (Wildman–Crippen MR) is 67.2 cm³/mol. The van der Waals surface area contributed by atoms with E-state index in [1.165, 1.54) is 5.56 Å². The maximum atomic E-state index is 12.2. The van der Waals surface area contributed by atoms with E-state index in [0.717, 1.165) is 31.5 Å². The number of fused-ring (bicyclic) bond motifs is 1. The lowest BCUT2D eigenvalue weighted by atomic mass is 10.1. The minimum Gasteiger partial charge on any atom is -0.292 e. The molecule has 1 saturated heterocycles. The summed E-state index contributed by atoms with van der Waals surface area (Å²) in [5, 5.41) is 0.441. The first-order valence-corrected chi connectivity index (χ1v) is 6.31. The minimum absolute atomic E-state index is 0.0783. The zero-order chi connectivity index (χ0) is 11.1. The number of nitrogens with zero attached hydrogens (tertiary/aromatic N) is 1. The van der Waals surface area contributed by atoms with Gasteiger partial charge in [0.1, 0.15) is 0 Å². The predicted octanol–water partition coefficient (Wildman–Crippen LogP) is 1.80. The Kier molecular flexibility index (Phi) is 2.52. The van der Waals surface area contributed by atoms with Gasteiger partial charge in [0.2, 0.25) is 0 Å². The summed E-state index contributed by atoms with van der Waals surface area (Å²) < 4.78 is 0. The normalized spacial score (nSPS) is 29.7. The van der Waals surface area contributed by atoms with Crippen molar-refractivity contribution >= 4 is 18.4 Å². The molecule has 2 unspecified atom stereocenters. The number of hydrogen-bond donors (Lipinski definition) is 1. The lowest BCUT2D eigenvalue weighted by Crippen LogP contribution is -2.38. The van der Waals surface area contributed by atoms with Crippen molar-refractivity contribution in [3.05, 3.63) is 35.4 Å². The van der Waals surface area contributed by atoms with Gasteiger partial charge < -0.3 is 0 Å². The third-order valence-corrected chi connectivity index (χ3v) is 4.06. The molecule has 0 bridgehead atoms. The highest BCUT2D eigenvalue weighted by atomic mass is 32.1. The van der Waals surface area contributed by atoms with Crippen LogP contribution in [0, 0.1) is 0 Å². The van der Waals surface area contributed by atoms with E-state index in [9.17, 15) is 4.79 Å². The number of hydrogen-bond acceptors (Lipinski definition) is 3. The van der Waals surface area contributed by atoms with Crippen LogP contribution >= 0.6 is 12.6 Å². The Bertz CT molecular complexity index is 432. The van der Waals surface area contributed by atoms with Gasteiger partial charge in [0.15, 0.2) is 5.78 Å². The van der Waals surface area contributed by atoms with Gasteiger partial charge in [-0.05, 0) is 18.4 Å². The van der Waals surface area contributed by atoms with E-state index in [1.54, 1.807) is 0 Å². The van der Waals surface area contributed by atoms with E-state index in [4.69, 9.17) is 0 Å². The van der Waals surface area contributed by atoms with Crippen molar-refractivity contribution < 1.29 is 4.79 Å². The summed E-state index contributed by atoms with van der Waals surface area (Å²) in [6.45, 7) is 1.96. The van der Waals surface area contributed by atoms with Crippen molar-refractivity contribution in [1.29, 1.82) is 0 Å². The van der Waals surface area contributed by atoms with Crippen LogP contribution in [-0.2, 0) is 6.42 Å². The summed E-state index contributed by atoms with van der Waals surface area (Å²) in [6, 6.07) is 8.06. The molecule has 2 atom stereocenters. The highest BCUT2D eigenvalue weighted by Gasteiger charge is 2.37. The fraction of sp³-hybridized carbons (Fsp3) is 0.462. The number of likely N-dealkylation sites (tertiary alicyclic amines) is 1. The molecule has 1 aromatic carbocycles. The van der Waals surface area contributed by atoms with Crippen molar-refractivity contribution in [2.75, 3.05) is 13.1 Å². The van der Waals surface area contributed by atoms with Gasteiger partial charge in [0.05, 0.1) is 6.04 Å². The fourth-order valence-corrected chi connectivity index (χ4v) is 3.09. The first-order valence-electron chi connectivity index (χ1n) is 5.80. The first kappa shape index (κ1) is 10.4. The molecule has 0 radical (unpaired) electrons. The maximum absolute atomic E-state index is 12.2. The van der Waals surface area contributed by atoms with Gasteiger partial charge >= 0.3 is 0 Å². The lowest BCUT2D eigenvalue weighted by molar-refractivity contribution is 0.0872. The summed E-state index contributed by atoms with van der Waals surface area (Å²) in [5.74, 6) is 0.304. The van der Waals surface area contributed by atoms with Crippen LogP contribution < -0.4 is 0 Å². The number of ketones is 1. The number of thiol groups is 1. The van der Waals surface area contributed by atoms with Crippen molar-refractivity contribution in [3.63, 3.8) is 0 Å². The Morgan fingerprint density at radius 1 is 1.31 bits per heavy atom. The Morgan fingerprint density at radius 2 is 2.12 bits per heavy atom. The van der Waals surface area contributed by atoms with Crippen LogP contribution in [-0.4, -0.2) is 35.1 Å². The Labute approximate surface area is 101 Å². The molecule has 84 valence electrons. The molecule has 2 aliphatic rings. The van der Waals surface area contributed by atoms with Crippen LogP contribution in [0.1, 0.15) is 22.3 Å². The van der Waals surface area contributed by atoms with Crippen LogP contribution in [0.2, 0.25) is 0 Å². The van der Waals surface area contributed by atoms with Crippen LogP contribution in [0.5, 0.6) is 0 Å². The minimum atomic E-state index is 0.0783. The van der Waals surface area contributed by atoms with E-state index < -0.39 is 0 Å². The molecular weight excluding hydrogens is 218 g/mol. The molecule has 16 heavy (non-hydrogen) atoms. The van der Waals surface area contributed by atoms with Crippen LogP contribution in [0.25, 0.3) is 0 Å². The quantitative estimate of drug-likeness (QED) is 0.746. The number of Topliss-reactive ketones (excluding diaryl/α,β-unsaturated/α-hetero) is 1. The van der Waals surface area contributed by atoms with Crippen molar-refractivity contribution in [3.8, 4) is 0 Å². The highest BCUT2D eigenvalue weighted by molar-refractivity contribution is 7.81. The maximum Gasteiger partial charge on any atom is 0.180 e. The molecule has 0 N–H and O–H groups in total. The van der Waals surface area contributed by atoms with Gasteiger partial charge in [-0.2, -0.15) is 12.6 Å². The second-order valence-corrected chi connectivity index (χ2v) is 5.41. The molecule has 1 aromatic rings. The summed E-state index contributed by atoms with van der Waals surface area (Å²) >= 11 is 4.48. The Morgan fingerprint density at radius 3 is 2.81 bits per heavy atom. The van der Waals surface area contributed by atoms with E-state index in [0.29, 0.717) is 11.0 Å². The number of carbonyl (C=O) groups is 1. The molecular formula is C13H15NOS. The molecule has 3 rings (SSSR count). The van der Waals surface area contributed by atoms with E-state index in [2.05, 4.69) is 23.6 Å². The van der Waals surface area contributed by atoms with Crippen molar-refractivity contribution in [2.45, 2.75) is 24.1 Å². The monoisotopic (exact) mass is 233 g/mol. The first-order chi connectivity index (χ1) is 7.75. The van der Waals surface area contributed by atoms with Crippen molar-refractivity contribution in [1.82, 2.24) is 4.90 Å². The second kappa shape index (κ2) is 3.90. The van der Waals surface area contributed by atoms with Gasteiger partial charge in [-0.25, -0.2) is 0 Å². The standard InChI is InChI=1S/C13H15NOS/c15-13-11-4-2-1-3-9(11)7-12(13)14-6-5-10(16)8-14/h1-4,10,12,16H,5-8H2. The molecule has 0 amide bonds. The summed E-state index contributed by atoms with van der Waals surface area (Å²) in [7, 11) is 0. The number of carbonyl (C=O) groups excluding carboxylic acids is 1. The molecule has 3 heteroatoms. The van der Waals surface area contributed by atoms with E-state index in [-0.39, 0.29) is 6.04 Å². The van der Waals surface area contributed by atoms with Crippen LogP contribution in [0.3, 0.4) is 0 Å². The van der Waals surface area contributed by atoms with Crippen LogP contribution in [0.15, 0.2) is 24.3 Å². The Hall–Kier alpha value is -0.800. The fourth-order valence-electron chi connectivity index (χ4n) is 2.77. The van der Waals surface area contributed by atoms with Gasteiger partial charge in [0, 0.05) is 23.9 Å². The lowest BCUT2D eigenvalue weighted by Gasteiger charge is -2.21. The molecule has 0 saturated carbocycles.